The molecule has 2 heterocycles. The quantitative estimate of drug-likeness (QED) is 0.781. The predicted octanol–water partition coefficient (Wildman–Crippen LogP) is 1.03. The largest absolute Gasteiger partial charge is 0.317 e. The van der Waals surface area contributed by atoms with E-state index in [1.807, 2.05) is 5.51 Å². The Bertz CT molecular complexity index is 242. The van der Waals surface area contributed by atoms with Gasteiger partial charge in [0.25, 0.3) is 0 Å². The molecule has 1 aromatic rings. The zero-order chi connectivity index (χ0) is 9.64. The SMILES string of the molecule is c1nc(CCNC2CCNCC2)cs1. The summed E-state index contributed by atoms with van der Waals surface area (Å²) in [5.74, 6) is 0. The molecule has 0 saturated carbocycles. The van der Waals surface area contributed by atoms with Crippen molar-refractivity contribution in [2.75, 3.05) is 19.6 Å². The maximum Gasteiger partial charge on any atom is 0.0794 e. The predicted molar refractivity (Wildman–Crippen MR) is 59.7 cm³/mol. The summed E-state index contributed by atoms with van der Waals surface area (Å²) in [5.41, 5.74) is 3.12. The molecule has 1 saturated heterocycles. The van der Waals surface area contributed by atoms with E-state index in [1.165, 1.54) is 18.5 Å². The molecule has 0 atom stereocenters. The lowest BCUT2D eigenvalue weighted by Crippen LogP contribution is -2.40. The number of hydrogen-bond donors (Lipinski definition) is 2. The summed E-state index contributed by atoms with van der Waals surface area (Å²) in [4.78, 5) is 4.27. The lowest BCUT2D eigenvalue weighted by molar-refractivity contribution is 0.389. The highest BCUT2D eigenvalue weighted by molar-refractivity contribution is 7.07. The molecule has 4 heteroatoms. The third-order valence-corrected chi connectivity index (χ3v) is 3.27. The van der Waals surface area contributed by atoms with Gasteiger partial charge in [-0.25, -0.2) is 4.98 Å². The number of nitrogens with zero attached hydrogens (tertiary/aromatic N) is 1. The highest BCUT2D eigenvalue weighted by atomic mass is 32.1. The van der Waals surface area contributed by atoms with Crippen LogP contribution in [0.2, 0.25) is 0 Å². The molecule has 14 heavy (non-hydrogen) atoms. The van der Waals surface area contributed by atoms with Gasteiger partial charge in [-0.05, 0) is 25.9 Å². The van der Waals surface area contributed by atoms with E-state index in [-0.39, 0.29) is 0 Å². The first kappa shape index (κ1) is 10.1. The van der Waals surface area contributed by atoms with Crippen LogP contribution in [0.4, 0.5) is 0 Å². The Kier molecular flexibility index (Phi) is 3.91. The topological polar surface area (TPSA) is 37.0 Å². The lowest BCUT2D eigenvalue weighted by atomic mass is 10.1. The molecular formula is C10H17N3S. The van der Waals surface area contributed by atoms with Crippen LogP contribution in [-0.4, -0.2) is 30.7 Å². The molecular weight excluding hydrogens is 194 g/mol. The average Bonchev–Trinajstić information content (AvgIpc) is 2.72. The van der Waals surface area contributed by atoms with E-state index in [1.54, 1.807) is 11.3 Å². The van der Waals surface area contributed by atoms with Crippen molar-refractivity contribution in [1.82, 2.24) is 15.6 Å². The fraction of sp³-hybridized carbons (Fsp3) is 0.700. The second-order valence-electron chi connectivity index (χ2n) is 3.71. The Morgan fingerprint density at radius 2 is 2.36 bits per heavy atom. The molecule has 2 rings (SSSR count). The van der Waals surface area contributed by atoms with Crippen LogP contribution in [0.3, 0.4) is 0 Å². The smallest absolute Gasteiger partial charge is 0.0794 e. The molecule has 0 aliphatic carbocycles. The second kappa shape index (κ2) is 5.44. The third kappa shape index (κ3) is 3.04. The molecule has 1 aromatic heterocycles. The fourth-order valence-corrected chi connectivity index (χ4v) is 2.38. The Balaban J connectivity index is 1.62. The Hall–Kier alpha value is -0.450. The Morgan fingerprint density at radius 3 is 3.07 bits per heavy atom. The minimum Gasteiger partial charge on any atom is -0.317 e. The summed E-state index contributed by atoms with van der Waals surface area (Å²) in [5, 5.41) is 9.08. The maximum absolute atomic E-state index is 4.27. The van der Waals surface area contributed by atoms with Crippen molar-refractivity contribution < 1.29 is 0 Å². The summed E-state index contributed by atoms with van der Waals surface area (Å²) >= 11 is 1.68. The van der Waals surface area contributed by atoms with Gasteiger partial charge in [-0.1, -0.05) is 0 Å². The van der Waals surface area contributed by atoms with Crippen molar-refractivity contribution >= 4 is 11.3 Å². The van der Waals surface area contributed by atoms with Crippen molar-refractivity contribution in [2.45, 2.75) is 25.3 Å². The lowest BCUT2D eigenvalue weighted by Gasteiger charge is -2.23. The van der Waals surface area contributed by atoms with Crippen LogP contribution >= 0.6 is 11.3 Å². The van der Waals surface area contributed by atoms with Crippen molar-refractivity contribution in [3.8, 4) is 0 Å². The van der Waals surface area contributed by atoms with Gasteiger partial charge in [-0.15, -0.1) is 11.3 Å². The van der Waals surface area contributed by atoms with Crippen LogP contribution in [0.25, 0.3) is 0 Å². The van der Waals surface area contributed by atoms with E-state index in [4.69, 9.17) is 0 Å². The highest BCUT2D eigenvalue weighted by Gasteiger charge is 2.11. The first-order chi connectivity index (χ1) is 6.95. The summed E-state index contributed by atoms with van der Waals surface area (Å²) < 4.78 is 0. The zero-order valence-electron chi connectivity index (χ0n) is 8.33. The number of piperidine rings is 1. The standard InChI is InChI=1S/C10H17N3S/c1-4-11-5-2-9(1)12-6-3-10-7-14-8-13-10/h7-9,11-12H,1-6H2. The van der Waals surface area contributed by atoms with Gasteiger partial charge in [0.15, 0.2) is 0 Å². The number of nitrogens with one attached hydrogen (secondary N) is 2. The number of rotatable bonds is 4. The van der Waals surface area contributed by atoms with Gasteiger partial charge in [0, 0.05) is 24.4 Å². The minimum atomic E-state index is 0.717. The number of thiazole rings is 1. The van der Waals surface area contributed by atoms with Gasteiger partial charge in [0.05, 0.1) is 11.2 Å². The van der Waals surface area contributed by atoms with Crippen LogP contribution in [0, 0.1) is 0 Å². The molecule has 78 valence electrons. The van der Waals surface area contributed by atoms with Gasteiger partial charge < -0.3 is 10.6 Å². The average molecular weight is 211 g/mol. The fourth-order valence-electron chi connectivity index (χ4n) is 1.79. The third-order valence-electron chi connectivity index (χ3n) is 2.64. The van der Waals surface area contributed by atoms with Gasteiger partial charge in [0.1, 0.15) is 0 Å². The summed E-state index contributed by atoms with van der Waals surface area (Å²) in [6.07, 6.45) is 3.58. The van der Waals surface area contributed by atoms with Crippen molar-refractivity contribution in [2.24, 2.45) is 0 Å². The molecule has 1 fully saturated rings. The summed E-state index contributed by atoms with van der Waals surface area (Å²) in [6, 6.07) is 0.717. The minimum absolute atomic E-state index is 0.717. The second-order valence-corrected chi connectivity index (χ2v) is 4.43. The monoisotopic (exact) mass is 211 g/mol. The first-order valence-electron chi connectivity index (χ1n) is 5.26. The van der Waals surface area contributed by atoms with Gasteiger partial charge in [0.2, 0.25) is 0 Å². The molecule has 0 radical (unpaired) electrons. The Morgan fingerprint density at radius 1 is 1.50 bits per heavy atom. The Labute approximate surface area is 88.9 Å². The molecule has 3 nitrogen and oxygen atoms in total. The highest BCUT2D eigenvalue weighted by Crippen LogP contribution is 2.03. The van der Waals surface area contributed by atoms with Crippen LogP contribution in [-0.2, 0) is 6.42 Å². The first-order valence-corrected chi connectivity index (χ1v) is 6.20. The number of aromatic nitrogens is 1. The van der Waals surface area contributed by atoms with Crippen molar-refractivity contribution in [3.05, 3.63) is 16.6 Å². The molecule has 1 aliphatic rings. The molecule has 0 amide bonds. The normalized spacial score (nSPS) is 18.6. The van der Waals surface area contributed by atoms with Crippen LogP contribution in [0.1, 0.15) is 18.5 Å². The van der Waals surface area contributed by atoms with Crippen LogP contribution in [0.15, 0.2) is 10.9 Å². The van der Waals surface area contributed by atoms with E-state index in [9.17, 15) is 0 Å². The maximum atomic E-state index is 4.27. The van der Waals surface area contributed by atoms with Crippen LogP contribution in [0.5, 0.6) is 0 Å². The van der Waals surface area contributed by atoms with Crippen molar-refractivity contribution in [3.63, 3.8) is 0 Å². The molecule has 0 aromatic carbocycles. The van der Waals surface area contributed by atoms with E-state index in [0.29, 0.717) is 0 Å². The van der Waals surface area contributed by atoms with E-state index in [2.05, 4.69) is 21.0 Å². The molecule has 0 bridgehead atoms. The molecule has 0 unspecified atom stereocenters. The van der Waals surface area contributed by atoms with Gasteiger partial charge in [-0.3, -0.25) is 0 Å². The van der Waals surface area contributed by atoms with Gasteiger partial charge in [-0.2, -0.15) is 0 Å². The number of hydrogen-bond acceptors (Lipinski definition) is 4. The summed E-state index contributed by atoms with van der Waals surface area (Å²) in [7, 11) is 0. The van der Waals surface area contributed by atoms with E-state index in [0.717, 1.165) is 32.1 Å². The van der Waals surface area contributed by atoms with Crippen LogP contribution < -0.4 is 10.6 Å². The van der Waals surface area contributed by atoms with E-state index < -0.39 is 0 Å². The van der Waals surface area contributed by atoms with Crippen molar-refractivity contribution in [1.29, 1.82) is 0 Å². The zero-order valence-corrected chi connectivity index (χ0v) is 9.15. The van der Waals surface area contributed by atoms with Gasteiger partial charge >= 0.3 is 0 Å². The summed E-state index contributed by atoms with van der Waals surface area (Å²) in [6.45, 7) is 3.39. The molecule has 2 N–H and O–H groups in total. The van der Waals surface area contributed by atoms with E-state index >= 15 is 0 Å². The molecule has 1 aliphatic heterocycles. The molecule has 0 spiro atoms.